The minimum Gasteiger partial charge on any atom is -0.392 e. The molecule has 0 spiro atoms. The zero-order chi connectivity index (χ0) is 13.8. The van der Waals surface area contributed by atoms with Gasteiger partial charge in [0, 0.05) is 13.0 Å². The van der Waals surface area contributed by atoms with Crippen LogP contribution in [0.25, 0.3) is 0 Å². The van der Waals surface area contributed by atoms with Crippen LogP contribution in [0.3, 0.4) is 0 Å². The molecule has 9 heteroatoms. The molecule has 0 fully saturated rings. The van der Waals surface area contributed by atoms with E-state index in [2.05, 4.69) is 14.9 Å². The third-order valence-electron chi connectivity index (χ3n) is 2.27. The summed E-state index contributed by atoms with van der Waals surface area (Å²) in [5.41, 5.74) is 5.39. The second-order valence-corrected chi connectivity index (χ2v) is 6.14. The van der Waals surface area contributed by atoms with Crippen molar-refractivity contribution in [2.45, 2.75) is 31.9 Å². The number of hydrogen-bond acceptors (Lipinski definition) is 6. The van der Waals surface area contributed by atoms with Gasteiger partial charge in [0.1, 0.15) is 5.25 Å². The maximum atomic E-state index is 11.9. The van der Waals surface area contributed by atoms with Gasteiger partial charge in [0.25, 0.3) is 0 Å². The standard InChI is InChI=1S/C9H16N4O3S2/c1-3-7(9(10)17)18(14,15)11-5-4-8-12-6(2)13-16-8/h7,11H,3-5H2,1-2H3,(H2,10,17). The van der Waals surface area contributed by atoms with Crippen molar-refractivity contribution < 1.29 is 12.9 Å². The number of sulfonamides is 1. The van der Waals surface area contributed by atoms with E-state index >= 15 is 0 Å². The SMILES string of the molecule is CCC(C(N)=S)S(=O)(=O)NCCc1nc(C)no1. The van der Waals surface area contributed by atoms with E-state index in [1.165, 1.54) is 0 Å². The second-order valence-electron chi connectivity index (χ2n) is 3.72. The van der Waals surface area contributed by atoms with E-state index in [-0.39, 0.29) is 11.5 Å². The van der Waals surface area contributed by atoms with Gasteiger partial charge in [-0.15, -0.1) is 0 Å². The highest BCUT2D eigenvalue weighted by Gasteiger charge is 2.25. The molecule has 1 heterocycles. The van der Waals surface area contributed by atoms with Crippen LogP contribution in [0.2, 0.25) is 0 Å². The molecule has 1 aromatic rings. The zero-order valence-electron chi connectivity index (χ0n) is 10.2. The fourth-order valence-electron chi connectivity index (χ4n) is 1.42. The molecule has 7 nitrogen and oxygen atoms in total. The summed E-state index contributed by atoms with van der Waals surface area (Å²) in [5, 5.41) is 2.76. The maximum absolute atomic E-state index is 11.9. The lowest BCUT2D eigenvalue weighted by atomic mass is 10.3. The molecule has 0 radical (unpaired) electrons. The van der Waals surface area contributed by atoms with Gasteiger partial charge in [0.2, 0.25) is 15.9 Å². The zero-order valence-corrected chi connectivity index (χ0v) is 11.8. The predicted molar refractivity (Wildman–Crippen MR) is 70.5 cm³/mol. The second kappa shape index (κ2) is 6.21. The lowest BCUT2D eigenvalue weighted by Gasteiger charge is -2.14. The predicted octanol–water partition coefficient (Wildman–Crippen LogP) is -0.0954. The topological polar surface area (TPSA) is 111 Å². The van der Waals surface area contributed by atoms with Crippen molar-refractivity contribution in [1.29, 1.82) is 0 Å². The molecule has 0 aromatic carbocycles. The molecule has 0 saturated carbocycles. The molecule has 0 bridgehead atoms. The van der Waals surface area contributed by atoms with E-state index < -0.39 is 15.3 Å². The molecule has 0 aliphatic rings. The highest BCUT2D eigenvalue weighted by Crippen LogP contribution is 2.05. The van der Waals surface area contributed by atoms with E-state index in [1.807, 2.05) is 0 Å². The summed E-state index contributed by atoms with van der Waals surface area (Å²) in [7, 11) is -3.54. The Morgan fingerprint density at radius 1 is 1.61 bits per heavy atom. The Hall–Kier alpha value is -1.06. The molecule has 1 atom stereocenters. The van der Waals surface area contributed by atoms with Crippen LogP contribution < -0.4 is 10.5 Å². The summed E-state index contributed by atoms with van der Waals surface area (Å²) in [4.78, 5) is 3.94. The first-order valence-electron chi connectivity index (χ1n) is 5.43. The largest absolute Gasteiger partial charge is 0.392 e. The average Bonchev–Trinajstić information content (AvgIpc) is 2.63. The van der Waals surface area contributed by atoms with Gasteiger partial charge in [-0.3, -0.25) is 0 Å². The molecule has 0 saturated heterocycles. The van der Waals surface area contributed by atoms with Gasteiger partial charge < -0.3 is 10.3 Å². The van der Waals surface area contributed by atoms with E-state index in [9.17, 15) is 8.42 Å². The summed E-state index contributed by atoms with van der Waals surface area (Å²) in [6.45, 7) is 3.57. The molecule has 1 unspecified atom stereocenters. The van der Waals surface area contributed by atoms with E-state index in [4.69, 9.17) is 22.5 Å². The van der Waals surface area contributed by atoms with Gasteiger partial charge in [-0.05, 0) is 13.3 Å². The minimum absolute atomic E-state index is 0.0290. The number of hydrogen-bond donors (Lipinski definition) is 2. The van der Waals surface area contributed by atoms with Gasteiger partial charge in [0.05, 0.1) is 4.99 Å². The first-order valence-corrected chi connectivity index (χ1v) is 7.39. The van der Waals surface area contributed by atoms with E-state index in [0.717, 1.165) is 0 Å². The smallest absolute Gasteiger partial charge is 0.227 e. The lowest BCUT2D eigenvalue weighted by Crippen LogP contribution is -2.42. The van der Waals surface area contributed by atoms with Gasteiger partial charge in [-0.1, -0.05) is 24.3 Å². The Morgan fingerprint density at radius 3 is 2.72 bits per heavy atom. The Morgan fingerprint density at radius 2 is 2.28 bits per heavy atom. The van der Waals surface area contributed by atoms with Crippen molar-refractivity contribution in [3.63, 3.8) is 0 Å². The van der Waals surface area contributed by atoms with Crippen LogP contribution in [0.1, 0.15) is 25.1 Å². The monoisotopic (exact) mass is 292 g/mol. The first kappa shape index (κ1) is 15.0. The normalized spacial score (nSPS) is 13.4. The van der Waals surface area contributed by atoms with Gasteiger partial charge in [0.15, 0.2) is 5.82 Å². The fourth-order valence-corrected chi connectivity index (χ4v) is 3.30. The number of aryl methyl sites for hydroxylation is 1. The summed E-state index contributed by atoms with van der Waals surface area (Å²) in [6, 6.07) is 0. The van der Waals surface area contributed by atoms with Crippen LogP contribution in [-0.4, -0.2) is 35.3 Å². The highest BCUT2D eigenvalue weighted by atomic mass is 32.2. The van der Waals surface area contributed by atoms with Crippen LogP contribution >= 0.6 is 12.2 Å². The maximum Gasteiger partial charge on any atom is 0.227 e. The Bertz CT molecular complexity index is 512. The number of nitrogens with zero attached hydrogens (tertiary/aromatic N) is 2. The molecule has 18 heavy (non-hydrogen) atoms. The highest BCUT2D eigenvalue weighted by molar-refractivity contribution is 7.93. The number of nitrogens with one attached hydrogen (secondary N) is 1. The molecule has 102 valence electrons. The first-order chi connectivity index (χ1) is 8.36. The molecule has 3 N–H and O–H groups in total. The van der Waals surface area contributed by atoms with Crippen LogP contribution in [0.5, 0.6) is 0 Å². The molecule has 0 aliphatic carbocycles. The Balaban J connectivity index is 2.54. The summed E-state index contributed by atoms with van der Waals surface area (Å²) < 4.78 is 31.0. The fraction of sp³-hybridized carbons (Fsp3) is 0.667. The number of aromatic nitrogens is 2. The van der Waals surface area contributed by atoms with Crippen molar-refractivity contribution >= 4 is 27.2 Å². The lowest BCUT2D eigenvalue weighted by molar-refractivity contribution is 0.375. The van der Waals surface area contributed by atoms with E-state index in [0.29, 0.717) is 24.6 Å². The number of nitrogens with two attached hydrogens (primary N) is 1. The minimum atomic E-state index is -3.54. The van der Waals surface area contributed by atoms with Crippen molar-refractivity contribution in [2.75, 3.05) is 6.54 Å². The quantitative estimate of drug-likeness (QED) is 0.675. The van der Waals surface area contributed by atoms with Gasteiger partial charge >= 0.3 is 0 Å². The molecule has 0 amide bonds. The Kier molecular flexibility index (Phi) is 5.17. The molecular weight excluding hydrogens is 276 g/mol. The number of rotatable bonds is 7. The van der Waals surface area contributed by atoms with E-state index in [1.54, 1.807) is 13.8 Å². The average molecular weight is 292 g/mol. The van der Waals surface area contributed by atoms with Gasteiger partial charge in [-0.25, -0.2) is 13.1 Å². The molecule has 1 aromatic heterocycles. The molecular formula is C9H16N4O3S2. The van der Waals surface area contributed by atoms with Gasteiger partial charge in [-0.2, -0.15) is 4.98 Å². The van der Waals surface area contributed by atoms with Crippen molar-refractivity contribution in [3.8, 4) is 0 Å². The van der Waals surface area contributed by atoms with Crippen LogP contribution in [-0.2, 0) is 16.4 Å². The van der Waals surface area contributed by atoms with Crippen LogP contribution in [0.15, 0.2) is 4.52 Å². The van der Waals surface area contributed by atoms with Crippen molar-refractivity contribution in [1.82, 2.24) is 14.9 Å². The van der Waals surface area contributed by atoms with Crippen LogP contribution in [0, 0.1) is 6.92 Å². The Labute approximate surface area is 111 Å². The third kappa shape index (κ3) is 4.00. The summed E-state index contributed by atoms with van der Waals surface area (Å²) in [5.74, 6) is 0.904. The third-order valence-corrected chi connectivity index (χ3v) is 4.65. The van der Waals surface area contributed by atoms with Crippen molar-refractivity contribution in [2.24, 2.45) is 5.73 Å². The van der Waals surface area contributed by atoms with Crippen molar-refractivity contribution in [3.05, 3.63) is 11.7 Å². The summed E-state index contributed by atoms with van der Waals surface area (Å²) in [6.07, 6.45) is 0.665. The van der Waals surface area contributed by atoms with Crippen LogP contribution in [0.4, 0.5) is 0 Å². The molecule has 0 aliphatic heterocycles. The summed E-state index contributed by atoms with van der Waals surface area (Å²) >= 11 is 4.73. The molecule has 1 rings (SSSR count). The number of thiocarbonyl (C=S) groups is 1.